The summed E-state index contributed by atoms with van der Waals surface area (Å²) in [7, 11) is 1.62. The van der Waals surface area contributed by atoms with Gasteiger partial charge in [-0.25, -0.2) is 0 Å². The van der Waals surface area contributed by atoms with Crippen molar-refractivity contribution in [2.45, 2.75) is 50.6 Å². The largest absolute Gasteiger partial charge is 0.431 e. The van der Waals surface area contributed by atoms with E-state index in [1.165, 1.54) is 10.6 Å². The summed E-state index contributed by atoms with van der Waals surface area (Å²) in [5.74, 6) is -0.109. The van der Waals surface area contributed by atoms with Crippen molar-refractivity contribution >= 4 is 5.91 Å². The van der Waals surface area contributed by atoms with Crippen molar-refractivity contribution in [1.82, 2.24) is 14.4 Å². The summed E-state index contributed by atoms with van der Waals surface area (Å²) in [4.78, 5) is 17.1. The molecule has 0 radical (unpaired) electrons. The molecule has 2 aliphatic rings. The first-order chi connectivity index (χ1) is 16.0. The summed E-state index contributed by atoms with van der Waals surface area (Å²) < 4.78 is 47.5. The van der Waals surface area contributed by atoms with Crippen LogP contribution in [0.25, 0.3) is 0 Å². The molecule has 1 N–H and O–H groups in total. The number of rotatable bonds is 5. The highest BCUT2D eigenvalue weighted by Crippen LogP contribution is 2.44. The Morgan fingerprint density at radius 3 is 2.24 bits per heavy atom. The van der Waals surface area contributed by atoms with Crippen molar-refractivity contribution in [1.29, 1.82) is 0 Å². The molecule has 2 aliphatic heterocycles. The normalized spacial score (nSPS) is 18.9. The van der Waals surface area contributed by atoms with E-state index in [0.717, 1.165) is 5.56 Å². The lowest BCUT2D eigenvalue weighted by atomic mass is 9.81. The SMILES string of the molecule is COCCN1CCn2c(C(F)(F)F)ccc2C12CCN(C(=O)c1ccc(C(C)(C)O)cc1)CC2. The predicted molar refractivity (Wildman–Crippen MR) is 121 cm³/mol. The molecule has 0 atom stereocenters. The number of nitrogens with zero attached hydrogens (tertiary/aromatic N) is 3. The van der Waals surface area contributed by atoms with Crippen LogP contribution in [0.15, 0.2) is 36.4 Å². The van der Waals surface area contributed by atoms with E-state index in [4.69, 9.17) is 4.74 Å². The maximum absolute atomic E-state index is 13.6. The molecule has 1 amide bonds. The number of ether oxygens (including phenoxy) is 1. The Morgan fingerprint density at radius 1 is 1.03 bits per heavy atom. The van der Waals surface area contributed by atoms with Crippen LogP contribution in [0.2, 0.25) is 0 Å². The average Bonchev–Trinajstić information content (AvgIpc) is 3.24. The molecule has 6 nitrogen and oxygen atoms in total. The third-order valence-corrected chi connectivity index (χ3v) is 7.23. The predicted octanol–water partition coefficient (Wildman–Crippen LogP) is 3.83. The topological polar surface area (TPSA) is 57.9 Å². The minimum absolute atomic E-state index is 0.109. The van der Waals surface area contributed by atoms with Gasteiger partial charge in [-0.05, 0) is 56.5 Å². The van der Waals surface area contributed by atoms with Crippen molar-refractivity contribution in [3.05, 3.63) is 58.9 Å². The fraction of sp³-hybridized carbons (Fsp3) is 0.560. The van der Waals surface area contributed by atoms with E-state index in [-0.39, 0.29) is 12.5 Å². The number of hydrogen-bond acceptors (Lipinski definition) is 4. The molecule has 0 saturated carbocycles. The van der Waals surface area contributed by atoms with Crippen LogP contribution in [-0.2, 0) is 28.6 Å². The molecule has 1 saturated heterocycles. The highest BCUT2D eigenvalue weighted by atomic mass is 19.4. The molecule has 9 heteroatoms. The molecule has 1 aromatic carbocycles. The zero-order chi connectivity index (χ0) is 24.7. The number of benzene rings is 1. The molecule has 0 bridgehead atoms. The van der Waals surface area contributed by atoms with E-state index in [2.05, 4.69) is 4.90 Å². The maximum atomic E-state index is 13.6. The van der Waals surface area contributed by atoms with Gasteiger partial charge in [-0.1, -0.05) is 12.1 Å². The van der Waals surface area contributed by atoms with Crippen LogP contribution in [0.3, 0.4) is 0 Å². The zero-order valence-corrected chi connectivity index (χ0v) is 19.9. The smallest absolute Gasteiger partial charge is 0.386 e. The van der Waals surface area contributed by atoms with E-state index in [1.807, 2.05) is 0 Å². The fourth-order valence-corrected chi connectivity index (χ4v) is 5.34. The molecule has 0 aliphatic carbocycles. The van der Waals surface area contributed by atoms with Gasteiger partial charge in [0, 0.05) is 51.1 Å². The molecule has 3 heterocycles. The van der Waals surface area contributed by atoms with Gasteiger partial charge in [0.25, 0.3) is 5.91 Å². The molecule has 4 rings (SSSR count). The monoisotopic (exact) mass is 479 g/mol. The van der Waals surface area contributed by atoms with Crippen molar-refractivity contribution in [3.8, 4) is 0 Å². The van der Waals surface area contributed by atoms with Gasteiger partial charge in [0.1, 0.15) is 5.69 Å². The van der Waals surface area contributed by atoms with Gasteiger partial charge >= 0.3 is 6.18 Å². The lowest BCUT2D eigenvalue weighted by molar-refractivity contribution is -0.145. The van der Waals surface area contributed by atoms with Gasteiger partial charge < -0.3 is 19.3 Å². The van der Waals surface area contributed by atoms with E-state index >= 15 is 0 Å². The van der Waals surface area contributed by atoms with E-state index in [9.17, 15) is 23.1 Å². The van der Waals surface area contributed by atoms with Gasteiger partial charge in [0.2, 0.25) is 0 Å². The number of aromatic nitrogens is 1. The molecular formula is C25H32F3N3O3. The van der Waals surface area contributed by atoms with Gasteiger partial charge in [-0.15, -0.1) is 0 Å². The number of piperidine rings is 1. The number of aliphatic hydroxyl groups is 1. The van der Waals surface area contributed by atoms with Crippen LogP contribution in [0, 0.1) is 0 Å². The molecule has 0 unspecified atom stereocenters. The number of amides is 1. The molecule has 186 valence electrons. The summed E-state index contributed by atoms with van der Waals surface area (Å²) in [6.45, 7) is 6.16. The third-order valence-electron chi connectivity index (χ3n) is 7.23. The van der Waals surface area contributed by atoms with E-state index in [0.29, 0.717) is 56.9 Å². The number of fused-ring (bicyclic) bond motifs is 2. The number of carbonyl (C=O) groups excluding carboxylic acids is 1. The van der Waals surface area contributed by atoms with Crippen molar-refractivity contribution in [3.63, 3.8) is 0 Å². The number of methoxy groups -OCH3 is 1. The van der Waals surface area contributed by atoms with Crippen LogP contribution in [0.1, 0.15) is 54.0 Å². The average molecular weight is 480 g/mol. The highest BCUT2D eigenvalue weighted by molar-refractivity contribution is 5.94. The van der Waals surface area contributed by atoms with Crippen LogP contribution in [0.4, 0.5) is 13.2 Å². The standard InChI is InChI=1S/C25H32F3N3O3/c1-23(2,33)19-6-4-18(5-7-19)22(32)29-12-10-24(11-13-29)20-8-9-21(25(26,27)28)31(20)15-14-30(24)16-17-34-3/h4-9,33H,10-17H2,1-3H3. The van der Waals surface area contributed by atoms with Crippen LogP contribution < -0.4 is 0 Å². The molecule has 34 heavy (non-hydrogen) atoms. The lowest BCUT2D eigenvalue weighted by Gasteiger charge is -2.52. The second kappa shape index (κ2) is 9.02. The Kier molecular flexibility index (Phi) is 6.56. The van der Waals surface area contributed by atoms with Crippen molar-refractivity contribution < 1.29 is 27.8 Å². The number of likely N-dealkylation sites (tertiary alicyclic amines) is 1. The Labute approximate surface area is 197 Å². The second-order valence-corrected chi connectivity index (χ2v) is 9.69. The van der Waals surface area contributed by atoms with E-state index < -0.39 is 23.0 Å². The second-order valence-electron chi connectivity index (χ2n) is 9.69. The van der Waals surface area contributed by atoms with Crippen molar-refractivity contribution in [2.24, 2.45) is 0 Å². The lowest BCUT2D eigenvalue weighted by Crippen LogP contribution is -2.58. The number of hydrogen-bond donors (Lipinski definition) is 1. The molecule has 1 spiro atoms. The Bertz CT molecular complexity index is 1020. The Morgan fingerprint density at radius 2 is 1.68 bits per heavy atom. The number of halogens is 3. The molecular weight excluding hydrogens is 447 g/mol. The van der Waals surface area contributed by atoms with Gasteiger partial charge in [0.15, 0.2) is 0 Å². The first kappa shape index (κ1) is 24.8. The fourth-order valence-electron chi connectivity index (χ4n) is 5.34. The minimum Gasteiger partial charge on any atom is -0.386 e. The van der Waals surface area contributed by atoms with Crippen molar-refractivity contribution in [2.75, 3.05) is 39.9 Å². The molecule has 1 fully saturated rings. The maximum Gasteiger partial charge on any atom is 0.431 e. The minimum atomic E-state index is -4.40. The summed E-state index contributed by atoms with van der Waals surface area (Å²) in [5.41, 5.74) is -0.245. The van der Waals surface area contributed by atoms with Crippen LogP contribution in [-0.4, -0.2) is 65.3 Å². The van der Waals surface area contributed by atoms with Gasteiger partial charge in [-0.3, -0.25) is 9.69 Å². The highest BCUT2D eigenvalue weighted by Gasteiger charge is 2.48. The van der Waals surface area contributed by atoms with Crippen LogP contribution in [0.5, 0.6) is 0 Å². The number of alkyl halides is 3. The third kappa shape index (κ3) is 4.48. The summed E-state index contributed by atoms with van der Waals surface area (Å²) in [6, 6.07) is 9.71. The first-order valence-corrected chi connectivity index (χ1v) is 11.6. The summed E-state index contributed by atoms with van der Waals surface area (Å²) >= 11 is 0. The number of carbonyl (C=O) groups is 1. The van der Waals surface area contributed by atoms with Gasteiger partial charge in [0.05, 0.1) is 17.7 Å². The van der Waals surface area contributed by atoms with Crippen LogP contribution >= 0.6 is 0 Å². The molecule has 1 aromatic heterocycles. The molecule has 2 aromatic rings. The first-order valence-electron chi connectivity index (χ1n) is 11.6. The Hall–Kier alpha value is -2.36. The summed E-state index contributed by atoms with van der Waals surface area (Å²) in [6.07, 6.45) is -3.31. The van der Waals surface area contributed by atoms with E-state index in [1.54, 1.807) is 56.2 Å². The Balaban J connectivity index is 1.57. The summed E-state index contributed by atoms with van der Waals surface area (Å²) in [5, 5.41) is 10.1. The zero-order valence-electron chi connectivity index (χ0n) is 19.9. The van der Waals surface area contributed by atoms with Gasteiger partial charge in [-0.2, -0.15) is 13.2 Å². The quantitative estimate of drug-likeness (QED) is 0.708.